The van der Waals surface area contributed by atoms with Gasteiger partial charge in [-0.1, -0.05) is 30.7 Å². The van der Waals surface area contributed by atoms with Crippen molar-refractivity contribution in [2.75, 3.05) is 17.2 Å². The molecule has 164 valence electrons. The van der Waals surface area contributed by atoms with Crippen molar-refractivity contribution < 1.29 is 17.9 Å². The fourth-order valence-electron chi connectivity index (χ4n) is 3.37. The monoisotopic (exact) mass is 432 g/mol. The molecule has 1 N–H and O–H groups in total. The zero-order valence-corrected chi connectivity index (χ0v) is 19.4. The predicted molar refractivity (Wildman–Crippen MR) is 122 cm³/mol. The maximum absolute atomic E-state index is 13.0. The van der Waals surface area contributed by atoms with Crippen LogP contribution in [0.5, 0.6) is 5.75 Å². The third-order valence-electron chi connectivity index (χ3n) is 4.70. The molecule has 0 saturated heterocycles. The maximum Gasteiger partial charge on any atom is 0.244 e. The molecule has 0 aliphatic carbocycles. The van der Waals surface area contributed by atoms with Crippen LogP contribution in [0.4, 0.5) is 5.69 Å². The molecule has 1 amide bonds. The summed E-state index contributed by atoms with van der Waals surface area (Å²) >= 11 is 0. The molecule has 2 rings (SSSR count). The van der Waals surface area contributed by atoms with E-state index in [1.54, 1.807) is 19.1 Å². The van der Waals surface area contributed by atoms with Crippen LogP contribution in [-0.2, 0) is 14.8 Å². The lowest BCUT2D eigenvalue weighted by Crippen LogP contribution is -2.52. The Bertz CT molecular complexity index is 951. The summed E-state index contributed by atoms with van der Waals surface area (Å²) in [4.78, 5) is 13.0. The first-order valence-corrected chi connectivity index (χ1v) is 11.9. The van der Waals surface area contributed by atoms with E-state index in [1.807, 2.05) is 58.0 Å². The molecule has 0 aromatic heterocycles. The van der Waals surface area contributed by atoms with E-state index in [0.717, 1.165) is 28.7 Å². The van der Waals surface area contributed by atoms with Gasteiger partial charge < -0.3 is 10.1 Å². The predicted octanol–water partition coefficient (Wildman–Crippen LogP) is 3.74. The normalized spacial score (nSPS) is 13.4. The number of hydrogen-bond acceptors (Lipinski definition) is 4. The third kappa shape index (κ3) is 6.49. The highest BCUT2D eigenvalue weighted by Gasteiger charge is 2.32. The zero-order chi connectivity index (χ0) is 22.5. The van der Waals surface area contributed by atoms with E-state index in [4.69, 9.17) is 4.74 Å². The number of amides is 1. The van der Waals surface area contributed by atoms with Crippen molar-refractivity contribution in [3.8, 4) is 5.75 Å². The molecule has 0 aliphatic rings. The van der Waals surface area contributed by atoms with E-state index in [9.17, 15) is 13.2 Å². The second-order valence-corrected chi connectivity index (χ2v) is 9.72. The summed E-state index contributed by atoms with van der Waals surface area (Å²) in [7, 11) is -3.66. The minimum absolute atomic E-state index is 0.284. The van der Waals surface area contributed by atoms with Crippen LogP contribution in [0.1, 0.15) is 37.0 Å². The first-order chi connectivity index (χ1) is 14.0. The first kappa shape index (κ1) is 23.7. The Hall–Kier alpha value is -2.54. The van der Waals surface area contributed by atoms with Crippen LogP contribution in [0.15, 0.2) is 42.5 Å². The Morgan fingerprint density at radius 2 is 1.60 bits per heavy atom. The molecule has 0 saturated carbocycles. The largest absolute Gasteiger partial charge is 0.491 e. The Morgan fingerprint density at radius 1 is 1.03 bits per heavy atom. The lowest BCUT2D eigenvalue weighted by atomic mass is 10.1. The highest BCUT2D eigenvalue weighted by molar-refractivity contribution is 7.92. The van der Waals surface area contributed by atoms with Crippen molar-refractivity contribution in [2.24, 2.45) is 0 Å². The van der Waals surface area contributed by atoms with Gasteiger partial charge in [-0.05, 0) is 69.5 Å². The molecule has 2 atom stereocenters. The van der Waals surface area contributed by atoms with Gasteiger partial charge >= 0.3 is 0 Å². The van der Waals surface area contributed by atoms with Crippen molar-refractivity contribution in [3.05, 3.63) is 59.2 Å². The second-order valence-electron chi connectivity index (χ2n) is 7.86. The number of nitrogens with one attached hydrogen (secondary N) is 1. The Labute approximate surface area is 180 Å². The number of nitrogens with zero attached hydrogens (tertiary/aromatic N) is 1. The van der Waals surface area contributed by atoms with Gasteiger partial charge in [0.05, 0.1) is 18.0 Å². The van der Waals surface area contributed by atoms with Crippen LogP contribution in [0.3, 0.4) is 0 Å². The van der Waals surface area contributed by atoms with Gasteiger partial charge in [0.25, 0.3) is 0 Å². The Kier molecular flexibility index (Phi) is 7.89. The summed E-state index contributed by atoms with van der Waals surface area (Å²) in [6, 6.07) is 12.1. The molecule has 0 radical (unpaired) electrons. The summed E-state index contributed by atoms with van der Waals surface area (Å²) in [6.45, 7) is 9.73. The van der Waals surface area contributed by atoms with Crippen molar-refractivity contribution in [2.45, 2.75) is 53.1 Å². The topological polar surface area (TPSA) is 75.7 Å². The fraction of sp³-hybridized carbons (Fsp3) is 0.435. The molecule has 6 nitrogen and oxygen atoms in total. The Balaban J connectivity index is 2.15. The van der Waals surface area contributed by atoms with Crippen molar-refractivity contribution in [3.63, 3.8) is 0 Å². The molecule has 7 heteroatoms. The molecule has 0 bridgehead atoms. The lowest BCUT2D eigenvalue weighted by Gasteiger charge is -2.31. The van der Waals surface area contributed by atoms with Crippen molar-refractivity contribution in [1.29, 1.82) is 0 Å². The first-order valence-electron chi connectivity index (χ1n) is 10.1. The van der Waals surface area contributed by atoms with Gasteiger partial charge in [0, 0.05) is 0 Å². The minimum atomic E-state index is -3.66. The van der Waals surface area contributed by atoms with Crippen LogP contribution in [0.25, 0.3) is 0 Å². The number of aryl methyl sites for hydroxylation is 3. The number of rotatable bonds is 9. The molecule has 0 aliphatic heterocycles. The summed E-state index contributed by atoms with van der Waals surface area (Å²) < 4.78 is 32.2. The van der Waals surface area contributed by atoms with Crippen LogP contribution >= 0.6 is 0 Å². The molecule has 0 unspecified atom stereocenters. The molecular formula is C23H32N2O4S. The van der Waals surface area contributed by atoms with E-state index in [2.05, 4.69) is 5.32 Å². The van der Waals surface area contributed by atoms with E-state index < -0.39 is 16.1 Å². The third-order valence-corrected chi connectivity index (χ3v) is 5.88. The SMILES string of the molecule is CC[C@H](C(=O)N[C@@H](C)COc1ccc(C)cc1)N(c1cc(C)cc(C)c1)S(C)(=O)=O. The van der Waals surface area contributed by atoms with Gasteiger partial charge in [-0.2, -0.15) is 0 Å². The number of hydrogen-bond donors (Lipinski definition) is 1. The number of carbonyl (C=O) groups is 1. The standard InChI is InChI=1S/C23H32N2O4S/c1-7-22(25(30(6,27)28)20-13-17(3)12-18(4)14-20)23(26)24-19(5)15-29-21-10-8-16(2)9-11-21/h8-14,19,22H,7,15H2,1-6H3,(H,24,26)/t19-,22+/m0/s1. The average Bonchev–Trinajstić information content (AvgIpc) is 2.63. The molecule has 0 spiro atoms. The van der Waals surface area contributed by atoms with Crippen LogP contribution in [0, 0.1) is 20.8 Å². The van der Waals surface area contributed by atoms with E-state index in [1.165, 1.54) is 4.31 Å². The van der Waals surface area contributed by atoms with Crippen LogP contribution in [0.2, 0.25) is 0 Å². The minimum Gasteiger partial charge on any atom is -0.491 e. The molecule has 0 fully saturated rings. The number of ether oxygens (including phenoxy) is 1. The van der Waals surface area contributed by atoms with Gasteiger partial charge in [0.2, 0.25) is 15.9 Å². The summed E-state index contributed by atoms with van der Waals surface area (Å²) in [5.74, 6) is 0.379. The van der Waals surface area contributed by atoms with Crippen molar-refractivity contribution in [1.82, 2.24) is 5.32 Å². The number of anilines is 1. The second kappa shape index (κ2) is 9.98. The average molecular weight is 433 g/mol. The quantitative estimate of drug-likeness (QED) is 0.655. The molecule has 0 heterocycles. The highest BCUT2D eigenvalue weighted by atomic mass is 32.2. The number of benzene rings is 2. The van der Waals surface area contributed by atoms with E-state index >= 15 is 0 Å². The van der Waals surface area contributed by atoms with E-state index in [-0.39, 0.29) is 18.6 Å². The van der Waals surface area contributed by atoms with Crippen molar-refractivity contribution >= 4 is 21.6 Å². The molecule has 2 aromatic rings. The van der Waals surface area contributed by atoms with Gasteiger partial charge in [-0.15, -0.1) is 0 Å². The smallest absolute Gasteiger partial charge is 0.244 e. The molecular weight excluding hydrogens is 400 g/mol. The summed E-state index contributed by atoms with van der Waals surface area (Å²) in [6.07, 6.45) is 1.47. The van der Waals surface area contributed by atoms with Crippen LogP contribution in [-0.4, -0.2) is 39.3 Å². The molecule has 2 aromatic carbocycles. The van der Waals surface area contributed by atoms with Gasteiger partial charge in [0.1, 0.15) is 18.4 Å². The number of carbonyl (C=O) groups excluding carboxylic acids is 1. The number of sulfonamides is 1. The summed E-state index contributed by atoms with van der Waals surface area (Å²) in [5.41, 5.74) is 3.52. The van der Waals surface area contributed by atoms with Crippen LogP contribution < -0.4 is 14.4 Å². The highest BCUT2D eigenvalue weighted by Crippen LogP contribution is 2.25. The zero-order valence-electron chi connectivity index (χ0n) is 18.6. The molecule has 30 heavy (non-hydrogen) atoms. The van der Waals surface area contributed by atoms with Gasteiger partial charge in [-0.25, -0.2) is 8.42 Å². The van der Waals surface area contributed by atoms with Gasteiger partial charge in [-0.3, -0.25) is 9.10 Å². The maximum atomic E-state index is 13.0. The summed E-state index contributed by atoms with van der Waals surface area (Å²) in [5, 5.41) is 2.89. The van der Waals surface area contributed by atoms with E-state index in [0.29, 0.717) is 12.1 Å². The Morgan fingerprint density at radius 3 is 2.10 bits per heavy atom. The van der Waals surface area contributed by atoms with Gasteiger partial charge in [0.15, 0.2) is 0 Å². The fourth-order valence-corrected chi connectivity index (χ4v) is 4.57. The lowest BCUT2D eigenvalue weighted by molar-refractivity contribution is -0.123.